The molecule has 0 fully saturated rings. The third-order valence-corrected chi connectivity index (χ3v) is 2.64. The SMILES string of the molecule is COc1ccc(C(C)CO)cc1Br. The van der Waals surface area contributed by atoms with Gasteiger partial charge in [-0.1, -0.05) is 13.0 Å². The Bertz CT molecular complexity index is 286. The molecule has 0 amide bonds. The van der Waals surface area contributed by atoms with Crippen molar-refractivity contribution in [2.75, 3.05) is 13.7 Å². The van der Waals surface area contributed by atoms with Crippen molar-refractivity contribution in [3.63, 3.8) is 0 Å². The lowest BCUT2D eigenvalue weighted by atomic mass is 10.0. The lowest BCUT2D eigenvalue weighted by molar-refractivity contribution is 0.273. The van der Waals surface area contributed by atoms with Gasteiger partial charge in [0.15, 0.2) is 0 Å². The number of halogens is 1. The normalized spacial score (nSPS) is 12.6. The lowest BCUT2D eigenvalue weighted by Crippen LogP contribution is -1.98. The Kier molecular flexibility index (Phi) is 3.75. The second-order valence-corrected chi connectivity index (χ2v) is 3.83. The van der Waals surface area contributed by atoms with Gasteiger partial charge >= 0.3 is 0 Å². The molecular formula is C10H13BrO2. The summed E-state index contributed by atoms with van der Waals surface area (Å²) in [5.41, 5.74) is 1.11. The van der Waals surface area contributed by atoms with Crippen LogP contribution in [-0.4, -0.2) is 18.8 Å². The molecule has 0 radical (unpaired) electrons. The topological polar surface area (TPSA) is 29.5 Å². The summed E-state index contributed by atoms with van der Waals surface area (Å²) in [4.78, 5) is 0. The summed E-state index contributed by atoms with van der Waals surface area (Å²) >= 11 is 3.40. The molecule has 1 aromatic carbocycles. The van der Waals surface area contributed by atoms with Gasteiger partial charge in [-0.15, -0.1) is 0 Å². The van der Waals surface area contributed by atoms with E-state index in [4.69, 9.17) is 9.84 Å². The van der Waals surface area contributed by atoms with Crippen molar-refractivity contribution < 1.29 is 9.84 Å². The summed E-state index contributed by atoms with van der Waals surface area (Å²) < 4.78 is 6.03. The van der Waals surface area contributed by atoms with Gasteiger partial charge in [0, 0.05) is 12.5 Å². The van der Waals surface area contributed by atoms with Gasteiger partial charge in [-0.25, -0.2) is 0 Å². The fourth-order valence-electron chi connectivity index (χ4n) is 1.09. The molecule has 3 heteroatoms. The van der Waals surface area contributed by atoms with Crippen LogP contribution in [0, 0.1) is 0 Å². The largest absolute Gasteiger partial charge is 0.496 e. The third-order valence-electron chi connectivity index (χ3n) is 2.02. The lowest BCUT2D eigenvalue weighted by Gasteiger charge is -2.10. The molecule has 1 aromatic rings. The van der Waals surface area contributed by atoms with E-state index >= 15 is 0 Å². The molecule has 72 valence electrons. The first-order chi connectivity index (χ1) is 6.19. The van der Waals surface area contributed by atoms with Crippen molar-refractivity contribution in [3.05, 3.63) is 28.2 Å². The van der Waals surface area contributed by atoms with Crippen LogP contribution in [0.3, 0.4) is 0 Å². The second-order valence-electron chi connectivity index (χ2n) is 2.98. The van der Waals surface area contributed by atoms with Crippen molar-refractivity contribution in [1.82, 2.24) is 0 Å². The van der Waals surface area contributed by atoms with Gasteiger partial charge in [0.25, 0.3) is 0 Å². The standard InChI is InChI=1S/C10H13BrO2/c1-7(6-12)8-3-4-10(13-2)9(11)5-8/h3-5,7,12H,6H2,1-2H3. The predicted octanol–water partition coefficient (Wildman–Crippen LogP) is 2.55. The molecule has 0 saturated carbocycles. The fourth-order valence-corrected chi connectivity index (χ4v) is 1.65. The first kappa shape index (κ1) is 10.5. The van der Waals surface area contributed by atoms with E-state index in [1.165, 1.54) is 0 Å². The first-order valence-corrected chi connectivity index (χ1v) is 4.92. The zero-order valence-electron chi connectivity index (χ0n) is 7.75. The van der Waals surface area contributed by atoms with Crippen LogP contribution in [0.1, 0.15) is 18.4 Å². The molecule has 13 heavy (non-hydrogen) atoms. The molecule has 1 unspecified atom stereocenters. The molecular weight excluding hydrogens is 232 g/mol. The second kappa shape index (κ2) is 4.63. The Hall–Kier alpha value is -0.540. The number of ether oxygens (including phenoxy) is 1. The van der Waals surface area contributed by atoms with E-state index in [2.05, 4.69) is 15.9 Å². The molecule has 0 aliphatic rings. The maximum absolute atomic E-state index is 8.96. The summed E-state index contributed by atoms with van der Waals surface area (Å²) in [5, 5.41) is 8.96. The number of hydrogen-bond donors (Lipinski definition) is 1. The van der Waals surface area contributed by atoms with Gasteiger partial charge in [-0.05, 0) is 33.6 Å². The van der Waals surface area contributed by atoms with Gasteiger partial charge in [0.05, 0.1) is 11.6 Å². The smallest absolute Gasteiger partial charge is 0.133 e. The van der Waals surface area contributed by atoms with Crippen LogP contribution in [0.4, 0.5) is 0 Å². The highest BCUT2D eigenvalue weighted by atomic mass is 79.9. The van der Waals surface area contributed by atoms with Crippen LogP contribution < -0.4 is 4.74 Å². The first-order valence-electron chi connectivity index (χ1n) is 4.13. The van der Waals surface area contributed by atoms with E-state index in [1.54, 1.807) is 7.11 Å². The summed E-state index contributed by atoms with van der Waals surface area (Å²) in [5.74, 6) is 0.982. The Balaban J connectivity index is 2.95. The molecule has 1 atom stereocenters. The molecule has 2 nitrogen and oxygen atoms in total. The van der Waals surface area contributed by atoms with Crippen molar-refractivity contribution >= 4 is 15.9 Å². The maximum Gasteiger partial charge on any atom is 0.133 e. The zero-order valence-corrected chi connectivity index (χ0v) is 9.34. The Morgan fingerprint density at radius 2 is 2.23 bits per heavy atom. The average Bonchev–Trinajstić information content (AvgIpc) is 2.16. The molecule has 0 aliphatic carbocycles. The van der Waals surface area contributed by atoms with Crippen molar-refractivity contribution in [1.29, 1.82) is 0 Å². The monoisotopic (exact) mass is 244 g/mol. The highest BCUT2D eigenvalue weighted by Crippen LogP contribution is 2.28. The van der Waals surface area contributed by atoms with Gasteiger partial charge in [0.2, 0.25) is 0 Å². The third kappa shape index (κ3) is 2.45. The molecule has 0 heterocycles. The molecule has 0 aliphatic heterocycles. The summed E-state index contributed by atoms with van der Waals surface area (Å²) in [6, 6.07) is 5.83. The molecule has 0 spiro atoms. The van der Waals surface area contributed by atoms with E-state index in [1.807, 2.05) is 25.1 Å². The van der Waals surface area contributed by atoms with Crippen LogP contribution in [0.2, 0.25) is 0 Å². The van der Waals surface area contributed by atoms with Crippen LogP contribution in [-0.2, 0) is 0 Å². The Morgan fingerprint density at radius 3 is 2.69 bits per heavy atom. The fraction of sp³-hybridized carbons (Fsp3) is 0.400. The molecule has 0 bridgehead atoms. The van der Waals surface area contributed by atoms with Crippen LogP contribution in [0.15, 0.2) is 22.7 Å². The number of benzene rings is 1. The van der Waals surface area contributed by atoms with Crippen LogP contribution in [0.5, 0.6) is 5.75 Å². The van der Waals surface area contributed by atoms with Crippen LogP contribution >= 0.6 is 15.9 Å². The minimum atomic E-state index is 0.165. The van der Waals surface area contributed by atoms with Crippen molar-refractivity contribution in [2.45, 2.75) is 12.8 Å². The van der Waals surface area contributed by atoms with Gasteiger partial charge in [-0.3, -0.25) is 0 Å². The maximum atomic E-state index is 8.96. The minimum absolute atomic E-state index is 0.165. The molecule has 0 saturated heterocycles. The van der Waals surface area contributed by atoms with E-state index in [9.17, 15) is 0 Å². The number of methoxy groups -OCH3 is 1. The molecule has 1 rings (SSSR count). The number of rotatable bonds is 3. The van der Waals surface area contributed by atoms with Gasteiger partial charge in [-0.2, -0.15) is 0 Å². The van der Waals surface area contributed by atoms with E-state index in [0.717, 1.165) is 15.8 Å². The number of hydrogen-bond acceptors (Lipinski definition) is 2. The highest BCUT2D eigenvalue weighted by molar-refractivity contribution is 9.10. The van der Waals surface area contributed by atoms with Gasteiger partial charge < -0.3 is 9.84 Å². The Morgan fingerprint density at radius 1 is 1.54 bits per heavy atom. The van der Waals surface area contributed by atoms with Crippen molar-refractivity contribution in [2.24, 2.45) is 0 Å². The minimum Gasteiger partial charge on any atom is -0.496 e. The average molecular weight is 245 g/mol. The number of aliphatic hydroxyl groups is 1. The van der Waals surface area contributed by atoms with Crippen LogP contribution in [0.25, 0.3) is 0 Å². The van der Waals surface area contributed by atoms with E-state index in [0.29, 0.717) is 0 Å². The summed E-state index contributed by atoms with van der Waals surface area (Å²) in [6.07, 6.45) is 0. The zero-order chi connectivity index (χ0) is 9.84. The van der Waals surface area contributed by atoms with Gasteiger partial charge in [0.1, 0.15) is 5.75 Å². The predicted molar refractivity (Wildman–Crippen MR) is 56.2 cm³/mol. The van der Waals surface area contributed by atoms with Crippen molar-refractivity contribution in [3.8, 4) is 5.75 Å². The quantitative estimate of drug-likeness (QED) is 0.886. The van der Waals surface area contributed by atoms with E-state index < -0.39 is 0 Å². The number of aliphatic hydroxyl groups excluding tert-OH is 1. The molecule has 1 N–H and O–H groups in total. The highest BCUT2D eigenvalue weighted by Gasteiger charge is 2.06. The van der Waals surface area contributed by atoms with E-state index in [-0.39, 0.29) is 12.5 Å². The molecule has 0 aromatic heterocycles. The summed E-state index contributed by atoms with van der Waals surface area (Å²) in [7, 11) is 1.63. The Labute approximate surface area is 86.7 Å². The summed E-state index contributed by atoms with van der Waals surface area (Å²) in [6.45, 7) is 2.15.